The molecule has 0 unspecified atom stereocenters. The highest BCUT2D eigenvalue weighted by Gasteiger charge is 2.10. The van der Waals surface area contributed by atoms with Gasteiger partial charge in [0.05, 0.1) is 5.69 Å². The number of benzene rings is 1. The molecule has 29 heavy (non-hydrogen) atoms. The third kappa shape index (κ3) is 6.46. The maximum Gasteiger partial charge on any atom is 0.267 e. The maximum absolute atomic E-state index is 12.4. The molecule has 0 radical (unpaired) electrons. The van der Waals surface area contributed by atoms with Gasteiger partial charge in [0.1, 0.15) is 0 Å². The van der Waals surface area contributed by atoms with Crippen LogP contribution in [0.1, 0.15) is 27.2 Å². The molecule has 7 heteroatoms. The van der Waals surface area contributed by atoms with Crippen molar-refractivity contribution in [2.24, 2.45) is 0 Å². The second kappa shape index (κ2) is 10.4. The molecule has 1 aromatic heterocycles. The van der Waals surface area contributed by atoms with Gasteiger partial charge in [0.15, 0.2) is 5.78 Å². The molecule has 0 spiro atoms. The number of carbonyl (C=O) groups is 2. The van der Waals surface area contributed by atoms with Gasteiger partial charge in [0.25, 0.3) is 5.91 Å². The lowest BCUT2D eigenvalue weighted by molar-refractivity contribution is -0.124. The van der Waals surface area contributed by atoms with Crippen molar-refractivity contribution in [1.82, 2.24) is 20.7 Å². The molecule has 0 aliphatic carbocycles. The third-order valence-corrected chi connectivity index (χ3v) is 4.61. The number of nitrogens with one attached hydrogen (secondary N) is 2. The van der Waals surface area contributed by atoms with Crippen LogP contribution in [0, 0.1) is 0 Å². The summed E-state index contributed by atoms with van der Waals surface area (Å²) in [6.45, 7) is 5.02. The van der Waals surface area contributed by atoms with Crippen LogP contribution in [-0.2, 0) is 11.3 Å². The van der Waals surface area contributed by atoms with Crippen LogP contribution in [-0.4, -0.2) is 53.0 Å². The van der Waals surface area contributed by atoms with Crippen LogP contribution >= 0.6 is 0 Å². The van der Waals surface area contributed by atoms with Gasteiger partial charge in [-0.2, -0.15) is 0 Å². The van der Waals surface area contributed by atoms with E-state index >= 15 is 0 Å². The Morgan fingerprint density at radius 2 is 1.83 bits per heavy atom. The van der Waals surface area contributed by atoms with Gasteiger partial charge in [0.2, 0.25) is 0 Å². The number of amides is 1. The molecule has 0 atom stereocenters. The second-order valence-electron chi connectivity index (χ2n) is 6.75. The zero-order valence-corrected chi connectivity index (χ0v) is 16.0. The standard InChI is InChI=1S/C22H24N4O3/c27-21(9-4-17-3-7-20(24-15-17)8-10-22(28)25-29)19-5-1-18(2-6-19)16-26-13-11-23-12-14-26/h1-10,15,23,29H,11-14,16H2,(H,25,28)/b9-4+,10-8+. The van der Waals surface area contributed by atoms with Crippen LogP contribution in [0.15, 0.2) is 54.7 Å². The second-order valence-corrected chi connectivity index (χ2v) is 6.75. The highest BCUT2D eigenvalue weighted by Crippen LogP contribution is 2.11. The van der Waals surface area contributed by atoms with E-state index in [1.54, 1.807) is 24.4 Å². The molecule has 1 aromatic carbocycles. The molecule has 1 aliphatic heterocycles. The summed E-state index contributed by atoms with van der Waals surface area (Å²) in [5, 5.41) is 11.8. The predicted molar refractivity (Wildman–Crippen MR) is 111 cm³/mol. The Labute approximate surface area is 169 Å². The Hall–Kier alpha value is -3.13. The van der Waals surface area contributed by atoms with E-state index in [4.69, 9.17) is 5.21 Å². The van der Waals surface area contributed by atoms with Crippen molar-refractivity contribution in [3.63, 3.8) is 0 Å². The van der Waals surface area contributed by atoms with Crippen molar-refractivity contribution in [3.05, 3.63) is 77.1 Å². The fraction of sp³-hybridized carbons (Fsp3) is 0.227. The highest BCUT2D eigenvalue weighted by atomic mass is 16.5. The lowest BCUT2D eigenvalue weighted by Crippen LogP contribution is -2.42. The fourth-order valence-electron chi connectivity index (χ4n) is 2.98. The van der Waals surface area contributed by atoms with Crippen molar-refractivity contribution in [3.8, 4) is 0 Å². The van der Waals surface area contributed by atoms with Gasteiger partial charge >= 0.3 is 0 Å². The lowest BCUT2D eigenvalue weighted by atomic mass is 10.1. The number of rotatable bonds is 7. The van der Waals surface area contributed by atoms with Crippen LogP contribution in [0.3, 0.4) is 0 Å². The molecule has 1 fully saturated rings. The minimum absolute atomic E-state index is 0.0673. The molecule has 3 rings (SSSR count). The topological polar surface area (TPSA) is 94.6 Å². The van der Waals surface area contributed by atoms with Crippen LogP contribution < -0.4 is 10.8 Å². The number of pyridine rings is 1. The van der Waals surface area contributed by atoms with Gasteiger partial charge in [-0.05, 0) is 35.4 Å². The Morgan fingerprint density at radius 1 is 1.07 bits per heavy atom. The molecule has 2 heterocycles. The van der Waals surface area contributed by atoms with Crippen LogP contribution in [0.5, 0.6) is 0 Å². The van der Waals surface area contributed by atoms with Crippen molar-refractivity contribution < 1.29 is 14.8 Å². The molecule has 150 valence electrons. The van der Waals surface area contributed by atoms with E-state index in [9.17, 15) is 9.59 Å². The largest absolute Gasteiger partial charge is 0.314 e. The summed E-state index contributed by atoms with van der Waals surface area (Å²) in [4.78, 5) is 29.9. The first-order valence-corrected chi connectivity index (χ1v) is 9.47. The predicted octanol–water partition coefficient (Wildman–Crippen LogP) is 1.90. The van der Waals surface area contributed by atoms with Crippen LogP contribution in [0.2, 0.25) is 0 Å². The van der Waals surface area contributed by atoms with Gasteiger partial charge in [-0.1, -0.05) is 30.3 Å². The third-order valence-electron chi connectivity index (χ3n) is 4.61. The Kier molecular flexibility index (Phi) is 7.40. The molecule has 1 amide bonds. The summed E-state index contributed by atoms with van der Waals surface area (Å²) in [6.07, 6.45) is 7.49. The zero-order valence-electron chi connectivity index (χ0n) is 16.0. The minimum atomic E-state index is -0.625. The van der Waals surface area contributed by atoms with Crippen molar-refractivity contribution in [1.29, 1.82) is 0 Å². The van der Waals surface area contributed by atoms with E-state index < -0.39 is 5.91 Å². The molecular formula is C22H24N4O3. The molecule has 0 bridgehead atoms. The Balaban J connectivity index is 1.55. The van der Waals surface area contributed by atoms with Gasteiger partial charge in [-0.3, -0.25) is 24.7 Å². The zero-order chi connectivity index (χ0) is 20.5. The summed E-state index contributed by atoms with van der Waals surface area (Å²) < 4.78 is 0. The van der Waals surface area contributed by atoms with Crippen molar-refractivity contribution >= 4 is 23.8 Å². The maximum atomic E-state index is 12.4. The number of hydrogen-bond acceptors (Lipinski definition) is 6. The van der Waals surface area contributed by atoms with Crippen LogP contribution in [0.4, 0.5) is 0 Å². The number of ketones is 1. The number of piperazine rings is 1. The number of aromatic nitrogens is 1. The average Bonchev–Trinajstić information content (AvgIpc) is 2.77. The van der Waals surface area contributed by atoms with Gasteiger partial charge in [-0.15, -0.1) is 0 Å². The molecule has 2 aromatic rings. The summed E-state index contributed by atoms with van der Waals surface area (Å²) >= 11 is 0. The van der Waals surface area contributed by atoms with Crippen LogP contribution in [0.25, 0.3) is 12.2 Å². The summed E-state index contributed by atoms with van der Waals surface area (Å²) in [6, 6.07) is 11.3. The first-order chi connectivity index (χ1) is 14.1. The first kappa shape index (κ1) is 20.6. The summed E-state index contributed by atoms with van der Waals surface area (Å²) in [5.41, 5.74) is 4.70. The van der Waals surface area contributed by atoms with Gasteiger partial charge in [-0.25, -0.2) is 5.48 Å². The molecule has 0 saturated carbocycles. The molecule has 1 saturated heterocycles. The van der Waals surface area contributed by atoms with Crippen molar-refractivity contribution in [2.75, 3.05) is 26.2 Å². The monoisotopic (exact) mass is 392 g/mol. The lowest BCUT2D eigenvalue weighted by Gasteiger charge is -2.27. The molecular weight excluding hydrogens is 368 g/mol. The summed E-state index contributed by atoms with van der Waals surface area (Å²) in [7, 11) is 0. The average molecular weight is 392 g/mol. The van der Waals surface area contributed by atoms with E-state index in [-0.39, 0.29) is 5.78 Å². The first-order valence-electron chi connectivity index (χ1n) is 9.47. The van der Waals surface area contributed by atoms with E-state index in [2.05, 4.69) is 15.2 Å². The highest BCUT2D eigenvalue weighted by molar-refractivity contribution is 6.06. The van der Waals surface area contributed by atoms with E-state index in [0.717, 1.165) is 38.3 Å². The molecule has 1 aliphatic rings. The Bertz CT molecular complexity index is 883. The quantitative estimate of drug-likeness (QED) is 0.288. The number of hydrogen-bond donors (Lipinski definition) is 3. The number of carbonyl (C=O) groups excluding carboxylic acids is 2. The normalized spacial score (nSPS) is 15.1. The number of nitrogens with zero attached hydrogens (tertiary/aromatic N) is 2. The van der Waals surface area contributed by atoms with E-state index in [1.807, 2.05) is 24.3 Å². The smallest absolute Gasteiger partial charge is 0.267 e. The fourth-order valence-corrected chi connectivity index (χ4v) is 2.98. The van der Waals surface area contributed by atoms with Gasteiger partial charge in [0, 0.05) is 50.6 Å². The number of hydroxylamine groups is 1. The molecule has 3 N–H and O–H groups in total. The molecule has 7 nitrogen and oxygen atoms in total. The van der Waals surface area contributed by atoms with E-state index in [1.165, 1.54) is 29.3 Å². The summed E-state index contributed by atoms with van der Waals surface area (Å²) in [5.74, 6) is -0.692. The minimum Gasteiger partial charge on any atom is -0.314 e. The SMILES string of the molecule is O=C(/C=C/c1ccc(/C=C/C(=O)c2ccc(CN3CCNCC3)cc2)cn1)NO. The van der Waals surface area contributed by atoms with E-state index in [0.29, 0.717) is 11.3 Å². The number of allylic oxidation sites excluding steroid dienone is 1. The van der Waals surface area contributed by atoms with Crippen molar-refractivity contribution in [2.45, 2.75) is 6.54 Å². The Morgan fingerprint density at radius 3 is 2.48 bits per heavy atom. The van der Waals surface area contributed by atoms with Gasteiger partial charge < -0.3 is 5.32 Å².